The van der Waals surface area contributed by atoms with Crippen molar-refractivity contribution in [2.75, 3.05) is 6.54 Å². The second-order valence-corrected chi connectivity index (χ2v) is 7.95. The molecular weight excluding hydrogens is 409 g/mol. The molecule has 0 aliphatic rings. The number of aryl methyl sites for hydroxylation is 1. The lowest BCUT2D eigenvalue weighted by Crippen LogP contribution is -2.21. The van der Waals surface area contributed by atoms with E-state index in [0.717, 1.165) is 19.8 Å². The molecule has 1 atom stereocenters. The molecule has 0 radical (unpaired) electrons. The van der Waals surface area contributed by atoms with Gasteiger partial charge in [-0.1, -0.05) is 46.6 Å². The van der Waals surface area contributed by atoms with Crippen molar-refractivity contribution in [3.05, 3.63) is 53.6 Å². The predicted octanol–water partition coefficient (Wildman–Crippen LogP) is 5.93. The quantitative estimate of drug-likeness (QED) is 0.642. The minimum absolute atomic E-state index is 0.161. The summed E-state index contributed by atoms with van der Waals surface area (Å²) < 4.78 is 2.11. The average Bonchev–Trinajstić information content (AvgIpc) is 2.67. The summed E-state index contributed by atoms with van der Waals surface area (Å²) in [5, 5.41) is 4.29. The number of nitrogens with one attached hydrogen (secondary N) is 1. The molecule has 1 unspecified atom stereocenters. The van der Waals surface area contributed by atoms with Gasteiger partial charge in [-0.3, -0.25) is 0 Å². The molecule has 1 nitrogen and oxygen atoms in total. The van der Waals surface area contributed by atoms with E-state index >= 15 is 0 Å². The third-order valence-corrected chi connectivity index (χ3v) is 6.05. The molecule has 102 valence electrons. The van der Waals surface area contributed by atoms with Crippen molar-refractivity contribution in [2.45, 2.75) is 19.9 Å². The van der Waals surface area contributed by atoms with Gasteiger partial charge in [0.1, 0.15) is 0 Å². The summed E-state index contributed by atoms with van der Waals surface area (Å²) >= 11 is 15.0. The van der Waals surface area contributed by atoms with Gasteiger partial charge < -0.3 is 5.32 Å². The second-order valence-electron chi connectivity index (χ2n) is 4.29. The number of rotatable bonds is 4. The van der Waals surface area contributed by atoms with E-state index in [9.17, 15) is 0 Å². The van der Waals surface area contributed by atoms with Gasteiger partial charge in [0.15, 0.2) is 0 Å². The standard InChI is InChI=1S/C14H14Br2ClNS/c1-3-18-13(12-7-11(17)14(16)19-12)9-5-4-8(2)6-10(9)15/h4-7,13,18H,3H2,1-2H3. The van der Waals surface area contributed by atoms with E-state index in [-0.39, 0.29) is 6.04 Å². The molecule has 2 rings (SSSR count). The zero-order valence-electron chi connectivity index (χ0n) is 10.6. The fraction of sp³-hybridized carbons (Fsp3) is 0.286. The normalized spacial score (nSPS) is 12.7. The number of thiophene rings is 1. The molecule has 5 heteroatoms. The molecule has 1 aromatic carbocycles. The Morgan fingerprint density at radius 2 is 2.05 bits per heavy atom. The van der Waals surface area contributed by atoms with Crippen LogP contribution in [0.5, 0.6) is 0 Å². The fourth-order valence-corrected chi connectivity index (χ4v) is 4.50. The molecule has 0 fully saturated rings. The van der Waals surface area contributed by atoms with Crippen LogP contribution in [0.25, 0.3) is 0 Å². The first-order valence-electron chi connectivity index (χ1n) is 5.97. The van der Waals surface area contributed by atoms with E-state index < -0.39 is 0 Å². The van der Waals surface area contributed by atoms with Crippen LogP contribution in [-0.4, -0.2) is 6.54 Å². The van der Waals surface area contributed by atoms with Crippen LogP contribution in [0, 0.1) is 6.92 Å². The monoisotopic (exact) mass is 421 g/mol. The van der Waals surface area contributed by atoms with Gasteiger partial charge in [0, 0.05) is 9.35 Å². The molecule has 0 saturated heterocycles. The summed E-state index contributed by atoms with van der Waals surface area (Å²) in [5.74, 6) is 0. The van der Waals surface area contributed by atoms with Gasteiger partial charge in [-0.25, -0.2) is 0 Å². The maximum Gasteiger partial charge on any atom is 0.0888 e. The number of benzene rings is 1. The smallest absolute Gasteiger partial charge is 0.0888 e. The number of hydrogen-bond donors (Lipinski definition) is 1. The van der Waals surface area contributed by atoms with Crippen LogP contribution in [0.15, 0.2) is 32.5 Å². The molecule has 0 spiro atoms. The Morgan fingerprint density at radius 1 is 1.32 bits per heavy atom. The Balaban J connectivity index is 2.44. The predicted molar refractivity (Wildman–Crippen MR) is 91.4 cm³/mol. The summed E-state index contributed by atoms with van der Waals surface area (Å²) in [6.07, 6.45) is 0. The summed E-state index contributed by atoms with van der Waals surface area (Å²) in [4.78, 5) is 1.21. The molecule has 1 heterocycles. The van der Waals surface area contributed by atoms with Crippen molar-refractivity contribution in [1.82, 2.24) is 5.32 Å². The van der Waals surface area contributed by atoms with Crippen molar-refractivity contribution < 1.29 is 0 Å². The van der Waals surface area contributed by atoms with E-state index in [1.54, 1.807) is 11.3 Å². The highest BCUT2D eigenvalue weighted by atomic mass is 79.9. The molecule has 0 saturated carbocycles. The third-order valence-electron chi connectivity index (χ3n) is 2.82. The Hall–Kier alpha value is 0.130. The summed E-state index contributed by atoms with van der Waals surface area (Å²) in [5.41, 5.74) is 2.48. The van der Waals surface area contributed by atoms with Gasteiger partial charge in [-0.2, -0.15) is 0 Å². The van der Waals surface area contributed by atoms with Gasteiger partial charge in [0.25, 0.3) is 0 Å². The molecule has 1 N–H and O–H groups in total. The van der Waals surface area contributed by atoms with Gasteiger partial charge >= 0.3 is 0 Å². The molecule has 0 bridgehead atoms. The largest absolute Gasteiger partial charge is 0.306 e. The Labute approximate surface area is 139 Å². The Morgan fingerprint density at radius 3 is 2.58 bits per heavy atom. The van der Waals surface area contributed by atoms with E-state index in [2.05, 4.69) is 69.2 Å². The maximum absolute atomic E-state index is 6.15. The van der Waals surface area contributed by atoms with Crippen molar-refractivity contribution in [2.24, 2.45) is 0 Å². The van der Waals surface area contributed by atoms with E-state index in [0.29, 0.717) is 0 Å². The number of halogens is 3. The van der Waals surface area contributed by atoms with Crippen LogP contribution in [0.2, 0.25) is 5.02 Å². The summed E-state index contributed by atoms with van der Waals surface area (Å²) in [6, 6.07) is 8.62. The molecule has 0 aliphatic carbocycles. The van der Waals surface area contributed by atoms with E-state index in [1.807, 2.05) is 6.07 Å². The van der Waals surface area contributed by atoms with Crippen molar-refractivity contribution in [3.8, 4) is 0 Å². The molecular formula is C14H14Br2ClNS. The molecule has 0 amide bonds. The Bertz CT molecular complexity index is 563. The Kier molecular flexibility index (Phi) is 5.49. The zero-order chi connectivity index (χ0) is 14.0. The van der Waals surface area contributed by atoms with Gasteiger partial charge in [-0.15, -0.1) is 11.3 Å². The lowest BCUT2D eigenvalue weighted by Gasteiger charge is -2.18. The fourth-order valence-electron chi connectivity index (χ4n) is 1.94. The van der Waals surface area contributed by atoms with E-state index in [4.69, 9.17) is 11.6 Å². The zero-order valence-corrected chi connectivity index (χ0v) is 15.4. The molecule has 1 aromatic heterocycles. The van der Waals surface area contributed by atoms with Crippen LogP contribution in [-0.2, 0) is 0 Å². The van der Waals surface area contributed by atoms with Crippen molar-refractivity contribution >= 4 is 54.8 Å². The van der Waals surface area contributed by atoms with Crippen LogP contribution in [0.4, 0.5) is 0 Å². The van der Waals surface area contributed by atoms with Gasteiger partial charge in [0.2, 0.25) is 0 Å². The third kappa shape index (κ3) is 3.61. The van der Waals surface area contributed by atoms with E-state index in [1.165, 1.54) is 16.0 Å². The highest BCUT2D eigenvalue weighted by molar-refractivity contribution is 9.11. The summed E-state index contributed by atoms with van der Waals surface area (Å²) in [7, 11) is 0. The first-order valence-corrected chi connectivity index (χ1v) is 8.75. The lowest BCUT2D eigenvalue weighted by atomic mass is 10.0. The minimum Gasteiger partial charge on any atom is -0.306 e. The first kappa shape index (κ1) is 15.5. The average molecular weight is 424 g/mol. The highest BCUT2D eigenvalue weighted by Gasteiger charge is 2.19. The topological polar surface area (TPSA) is 12.0 Å². The van der Waals surface area contributed by atoms with Crippen molar-refractivity contribution in [1.29, 1.82) is 0 Å². The molecule has 19 heavy (non-hydrogen) atoms. The number of hydrogen-bond acceptors (Lipinski definition) is 2. The summed E-state index contributed by atoms with van der Waals surface area (Å²) in [6.45, 7) is 5.10. The van der Waals surface area contributed by atoms with Crippen LogP contribution in [0.1, 0.15) is 29.0 Å². The maximum atomic E-state index is 6.15. The molecule has 2 aromatic rings. The van der Waals surface area contributed by atoms with Crippen LogP contribution >= 0.6 is 54.8 Å². The highest BCUT2D eigenvalue weighted by Crippen LogP contribution is 2.39. The van der Waals surface area contributed by atoms with Crippen LogP contribution < -0.4 is 5.32 Å². The first-order chi connectivity index (χ1) is 9.02. The van der Waals surface area contributed by atoms with Crippen LogP contribution in [0.3, 0.4) is 0 Å². The van der Waals surface area contributed by atoms with Gasteiger partial charge in [-0.05, 0) is 52.7 Å². The molecule has 0 aliphatic heterocycles. The second kappa shape index (κ2) is 6.72. The van der Waals surface area contributed by atoms with Crippen molar-refractivity contribution in [3.63, 3.8) is 0 Å². The minimum atomic E-state index is 0.161. The SMILES string of the molecule is CCNC(c1cc(Cl)c(Br)s1)c1ccc(C)cc1Br. The lowest BCUT2D eigenvalue weighted by molar-refractivity contribution is 0.637. The van der Waals surface area contributed by atoms with Gasteiger partial charge in [0.05, 0.1) is 14.9 Å².